The molecule has 0 aromatic carbocycles. The second-order valence-electron chi connectivity index (χ2n) is 1.45. The van der Waals surface area contributed by atoms with E-state index in [-0.39, 0.29) is 11.9 Å². The Morgan fingerprint density at radius 2 is 2.25 bits per heavy atom. The highest BCUT2D eigenvalue weighted by atomic mass is 35.5. The second kappa shape index (κ2) is 3.69. The van der Waals surface area contributed by atoms with Crippen LogP contribution in [-0.4, -0.2) is 19.0 Å². The van der Waals surface area contributed by atoms with Crippen LogP contribution in [0.2, 0.25) is 0 Å². The highest BCUT2D eigenvalue weighted by molar-refractivity contribution is 6.15. The summed E-state index contributed by atoms with van der Waals surface area (Å²) in [5.41, 5.74) is 0. The monoisotopic (exact) mass is 136 g/mol. The van der Waals surface area contributed by atoms with Gasteiger partial charge in [0.2, 0.25) is 5.91 Å². The molecule has 1 unspecified atom stereocenters. The molecule has 0 aromatic rings. The van der Waals surface area contributed by atoms with Gasteiger partial charge in [-0.2, -0.15) is 0 Å². The average molecular weight is 137 g/mol. The molecule has 0 rings (SSSR count). The molecule has 0 heterocycles. The lowest BCUT2D eigenvalue weighted by molar-refractivity contribution is -0.121. The number of carbonyl (C=O) groups excluding carboxylic acids is 1. The number of carbonyl (C=O) groups is 1. The van der Waals surface area contributed by atoms with Crippen molar-refractivity contribution in [2.75, 3.05) is 7.05 Å². The second-order valence-corrected chi connectivity index (χ2v) is 1.66. The van der Waals surface area contributed by atoms with Crippen molar-refractivity contribution in [2.24, 2.45) is 0 Å². The van der Waals surface area contributed by atoms with Gasteiger partial charge in [0, 0.05) is 7.05 Å². The van der Waals surface area contributed by atoms with Crippen LogP contribution in [0.25, 0.3) is 0 Å². The van der Waals surface area contributed by atoms with E-state index < -0.39 is 0 Å². The van der Waals surface area contributed by atoms with Gasteiger partial charge >= 0.3 is 0 Å². The van der Waals surface area contributed by atoms with Crippen molar-refractivity contribution >= 4 is 17.7 Å². The van der Waals surface area contributed by atoms with Gasteiger partial charge in [0.15, 0.2) is 0 Å². The van der Waals surface area contributed by atoms with E-state index in [4.69, 9.17) is 11.8 Å². The number of halogens is 1. The van der Waals surface area contributed by atoms with Crippen molar-refractivity contribution < 1.29 is 4.79 Å². The summed E-state index contributed by atoms with van der Waals surface area (Å²) < 4.78 is 0. The van der Waals surface area contributed by atoms with Crippen LogP contribution in [0.4, 0.5) is 0 Å². The molecule has 0 aliphatic carbocycles. The van der Waals surface area contributed by atoms with Gasteiger partial charge in [-0.05, 0) is 18.7 Å². The molecule has 0 spiro atoms. The highest BCUT2D eigenvalue weighted by Gasteiger charge is 2.06. The van der Waals surface area contributed by atoms with E-state index in [1.807, 2.05) is 0 Å². The molecule has 48 valence electrons. The van der Waals surface area contributed by atoms with Crippen molar-refractivity contribution in [3.63, 3.8) is 0 Å². The fourth-order valence-electron chi connectivity index (χ4n) is 0.266. The van der Waals surface area contributed by atoms with Crippen molar-refractivity contribution in [1.82, 2.24) is 10.2 Å². The zero-order valence-corrected chi connectivity index (χ0v) is 5.62. The number of likely N-dealkylation sites (N-methyl/N-ethyl adjacent to an activating group) is 1. The van der Waals surface area contributed by atoms with Gasteiger partial charge in [-0.3, -0.25) is 4.79 Å². The first-order chi connectivity index (χ1) is 3.72. The minimum atomic E-state index is -0.318. The van der Waals surface area contributed by atoms with E-state index in [0.29, 0.717) is 0 Å². The van der Waals surface area contributed by atoms with E-state index in [2.05, 4.69) is 10.2 Å². The molecular weight excluding hydrogens is 128 g/mol. The number of hydrogen-bond donors (Lipinski definition) is 2. The van der Waals surface area contributed by atoms with Gasteiger partial charge in [0.1, 0.15) is 0 Å². The molecule has 1 atom stereocenters. The maximum absolute atomic E-state index is 10.5. The lowest BCUT2D eigenvalue weighted by Gasteiger charge is -2.03. The number of hydrogen-bond acceptors (Lipinski definition) is 2. The first-order valence-electron chi connectivity index (χ1n) is 2.30. The molecule has 0 bridgehead atoms. The Morgan fingerprint density at radius 3 is 2.38 bits per heavy atom. The largest absolute Gasteiger partial charge is 0.358 e. The van der Waals surface area contributed by atoms with Gasteiger partial charge < -0.3 is 5.32 Å². The topological polar surface area (TPSA) is 41.1 Å². The van der Waals surface area contributed by atoms with Gasteiger partial charge in [0.25, 0.3) is 0 Å². The van der Waals surface area contributed by atoms with Gasteiger partial charge in [-0.1, -0.05) is 0 Å². The van der Waals surface area contributed by atoms with Crippen LogP contribution >= 0.6 is 11.8 Å². The fourth-order valence-corrected chi connectivity index (χ4v) is 0.365. The molecule has 0 aliphatic rings. The van der Waals surface area contributed by atoms with Crippen LogP contribution in [-0.2, 0) is 4.79 Å². The first-order valence-corrected chi connectivity index (χ1v) is 2.68. The molecule has 0 fully saturated rings. The minimum absolute atomic E-state index is 0.111. The quantitative estimate of drug-likeness (QED) is 0.519. The van der Waals surface area contributed by atoms with Gasteiger partial charge in [0.05, 0.1) is 6.04 Å². The Morgan fingerprint density at radius 1 is 1.75 bits per heavy atom. The molecule has 4 heteroatoms. The molecule has 3 nitrogen and oxygen atoms in total. The fraction of sp³-hybridized carbons (Fsp3) is 0.750. The van der Waals surface area contributed by atoms with Crippen LogP contribution in [0.1, 0.15) is 6.92 Å². The Hall–Kier alpha value is -0.280. The molecular formula is C4H9ClN2O. The Kier molecular flexibility index (Phi) is 3.56. The molecule has 8 heavy (non-hydrogen) atoms. The van der Waals surface area contributed by atoms with Gasteiger partial charge in [-0.15, -0.1) is 0 Å². The average Bonchev–Trinajstić information content (AvgIpc) is 1.84. The Bertz CT molecular complexity index is 86.1. The predicted octanol–water partition coefficient (Wildman–Crippen LogP) is -0.136. The van der Waals surface area contributed by atoms with Crippen LogP contribution in [0, 0.1) is 0 Å². The third-order valence-corrected chi connectivity index (χ3v) is 1.13. The molecule has 0 radical (unpaired) electrons. The van der Waals surface area contributed by atoms with Crippen molar-refractivity contribution in [1.29, 1.82) is 0 Å². The lowest BCUT2D eigenvalue weighted by atomic mass is 10.3. The Labute approximate surface area is 53.5 Å². The minimum Gasteiger partial charge on any atom is -0.358 e. The summed E-state index contributed by atoms with van der Waals surface area (Å²) in [5, 5.41) is 2.43. The standard InChI is InChI=1S/C4H9ClN2O/c1-3(7-5)4(8)6-2/h3,7H,1-2H3,(H,6,8). The van der Waals surface area contributed by atoms with E-state index in [1.54, 1.807) is 14.0 Å². The lowest BCUT2D eigenvalue weighted by Crippen LogP contribution is -2.36. The third-order valence-electron chi connectivity index (χ3n) is 0.803. The molecule has 0 aromatic heterocycles. The van der Waals surface area contributed by atoms with Gasteiger partial charge in [-0.25, -0.2) is 4.84 Å². The Balaban J connectivity index is 3.46. The molecule has 0 saturated heterocycles. The van der Waals surface area contributed by atoms with E-state index in [0.717, 1.165) is 0 Å². The normalized spacial score (nSPS) is 12.9. The summed E-state index contributed by atoms with van der Waals surface area (Å²) in [5.74, 6) is -0.111. The zero-order valence-electron chi connectivity index (χ0n) is 4.86. The summed E-state index contributed by atoms with van der Waals surface area (Å²) in [7, 11) is 1.56. The summed E-state index contributed by atoms with van der Waals surface area (Å²) in [6.07, 6.45) is 0. The zero-order chi connectivity index (χ0) is 6.57. The maximum Gasteiger partial charge on any atom is 0.237 e. The van der Waals surface area contributed by atoms with Crippen LogP contribution < -0.4 is 10.2 Å². The van der Waals surface area contributed by atoms with Crippen LogP contribution in [0.5, 0.6) is 0 Å². The number of nitrogens with one attached hydrogen (secondary N) is 2. The van der Waals surface area contributed by atoms with Crippen molar-refractivity contribution in [3.05, 3.63) is 0 Å². The van der Waals surface area contributed by atoms with Crippen molar-refractivity contribution in [2.45, 2.75) is 13.0 Å². The maximum atomic E-state index is 10.5. The molecule has 1 amide bonds. The van der Waals surface area contributed by atoms with Crippen LogP contribution in [0.3, 0.4) is 0 Å². The summed E-state index contributed by atoms with van der Waals surface area (Å²) >= 11 is 5.11. The number of rotatable bonds is 2. The van der Waals surface area contributed by atoms with Crippen LogP contribution in [0.15, 0.2) is 0 Å². The highest BCUT2D eigenvalue weighted by Crippen LogP contribution is 1.80. The smallest absolute Gasteiger partial charge is 0.237 e. The molecule has 0 saturated carbocycles. The van der Waals surface area contributed by atoms with E-state index in [9.17, 15) is 4.79 Å². The third kappa shape index (κ3) is 2.14. The predicted molar refractivity (Wildman–Crippen MR) is 32.5 cm³/mol. The summed E-state index contributed by atoms with van der Waals surface area (Å²) in [4.78, 5) is 12.8. The first kappa shape index (κ1) is 7.72. The van der Waals surface area contributed by atoms with E-state index in [1.165, 1.54) is 0 Å². The molecule has 0 aliphatic heterocycles. The SMILES string of the molecule is CNC(=O)C(C)NCl. The van der Waals surface area contributed by atoms with Crippen molar-refractivity contribution in [3.8, 4) is 0 Å². The summed E-state index contributed by atoms with van der Waals surface area (Å²) in [6.45, 7) is 1.67. The number of amides is 1. The van der Waals surface area contributed by atoms with E-state index >= 15 is 0 Å². The summed E-state index contributed by atoms with van der Waals surface area (Å²) in [6, 6.07) is -0.318. The molecule has 2 N–H and O–H groups in total.